The van der Waals surface area contributed by atoms with Crippen LogP contribution in [0.1, 0.15) is 27.7 Å². The first-order valence-corrected chi connectivity index (χ1v) is 11.3. The number of nitrogens with zero attached hydrogens (tertiary/aromatic N) is 5. The van der Waals surface area contributed by atoms with E-state index in [0.29, 0.717) is 0 Å². The summed E-state index contributed by atoms with van der Waals surface area (Å²) < 4.78 is 0. The molecule has 0 aliphatic heterocycles. The standard InChI is InChI=1S/C24H36N6/c1-5-28(6-2)15-17-30(18-16-29(7-3)8-4)23-12-10-9-11-20(23)24-26-21-13-14-25-19-22(21)27-24/h9-14,19H,5-8,15-18H2,1-4H3,(H,26,27). The van der Waals surface area contributed by atoms with Crippen molar-refractivity contribution in [3.05, 3.63) is 42.7 Å². The number of hydrogen-bond acceptors (Lipinski definition) is 5. The van der Waals surface area contributed by atoms with Crippen LogP contribution in [0.25, 0.3) is 22.4 Å². The van der Waals surface area contributed by atoms with Crippen LogP contribution in [0.2, 0.25) is 0 Å². The van der Waals surface area contributed by atoms with Crippen LogP contribution in [0.15, 0.2) is 42.7 Å². The zero-order valence-corrected chi connectivity index (χ0v) is 18.9. The van der Waals surface area contributed by atoms with Gasteiger partial charge in [-0.15, -0.1) is 0 Å². The quantitative estimate of drug-likeness (QED) is 0.489. The fraction of sp³-hybridized carbons (Fsp3) is 0.500. The van der Waals surface area contributed by atoms with E-state index < -0.39 is 0 Å². The van der Waals surface area contributed by atoms with Gasteiger partial charge in [0.05, 0.1) is 17.2 Å². The first-order valence-electron chi connectivity index (χ1n) is 11.3. The van der Waals surface area contributed by atoms with Crippen LogP contribution >= 0.6 is 0 Å². The number of aromatic nitrogens is 3. The van der Waals surface area contributed by atoms with Gasteiger partial charge in [0.2, 0.25) is 0 Å². The highest BCUT2D eigenvalue weighted by molar-refractivity contribution is 5.82. The molecule has 0 radical (unpaired) electrons. The van der Waals surface area contributed by atoms with E-state index in [1.807, 2.05) is 12.3 Å². The van der Waals surface area contributed by atoms with Crippen molar-refractivity contribution in [3.8, 4) is 11.4 Å². The molecule has 0 atom stereocenters. The fourth-order valence-electron chi connectivity index (χ4n) is 3.89. The number of aromatic amines is 1. The maximum Gasteiger partial charge on any atom is 0.140 e. The molecular formula is C24H36N6. The molecule has 162 valence electrons. The Labute approximate surface area is 180 Å². The van der Waals surface area contributed by atoms with Gasteiger partial charge in [-0.25, -0.2) is 4.98 Å². The van der Waals surface area contributed by atoms with Gasteiger partial charge in [-0.05, 0) is 44.4 Å². The van der Waals surface area contributed by atoms with Gasteiger partial charge >= 0.3 is 0 Å². The van der Waals surface area contributed by atoms with Gasteiger partial charge in [0.15, 0.2) is 0 Å². The molecule has 2 aromatic heterocycles. The molecule has 6 nitrogen and oxygen atoms in total. The fourth-order valence-corrected chi connectivity index (χ4v) is 3.89. The molecule has 0 amide bonds. The first-order chi connectivity index (χ1) is 14.7. The number of rotatable bonds is 12. The van der Waals surface area contributed by atoms with Gasteiger partial charge in [0.1, 0.15) is 5.82 Å². The van der Waals surface area contributed by atoms with E-state index in [1.54, 1.807) is 6.20 Å². The second-order valence-electron chi connectivity index (χ2n) is 7.54. The van der Waals surface area contributed by atoms with Gasteiger partial charge in [0, 0.05) is 43.6 Å². The second-order valence-corrected chi connectivity index (χ2v) is 7.54. The smallest absolute Gasteiger partial charge is 0.140 e. The number of anilines is 1. The van der Waals surface area contributed by atoms with E-state index in [-0.39, 0.29) is 0 Å². The van der Waals surface area contributed by atoms with Crippen LogP contribution in [0.3, 0.4) is 0 Å². The lowest BCUT2D eigenvalue weighted by atomic mass is 10.1. The Bertz CT molecular complexity index is 848. The van der Waals surface area contributed by atoms with Crippen LogP contribution in [0.4, 0.5) is 5.69 Å². The largest absolute Gasteiger partial charge is 0.368 e. The van der Waals surface area contributed by atoms with Crippen molar-refractivity contribution in [2.24, 2.45) is 0 Å². The monoisotopic (exact) mass is 408 g/mol. The number of para-hydroxylation sites is 1. The normalized spacial score (nSPS) is 11.7. The molecule has 2 heterocycles. The lowest BCUT2D eigenvalue weighted by Gasteiger charge is -2.31. The molecule has 30 heavy (non-hydrogen) atoms. The highest BCUT2D eigenvalue weighted by atomic mass is 15.2. The summed E-state index contributed by atoms with van der Waals surface area (Å²) in [6, 6.07) is 10.6. The van der Waals surface area contributed by atoms with Crippen molar-refractivity contribution < 1.29 is 0 Å². The lowest BCUT2D eigenvalue weighted by molar-refractivity contribution is 0.294. The Morgan fingerprint density at radius 1 is 0.800 bits per heavy atom. The summed E-state index contributed by atoms with van der Waals surface area (Å²) >= 11 is 0. The minimum Gasteiger partial charge on any atom is -0.368 e. The predicted molar refractivity (Wildman–Crippen MR) is 127 cm³/mol. The van der Waals surface area contributed by atoms with Crippen LogP contribution < -0.4 is 4.90 Å². The third-order valence-electron chi connectivity index (χ3n) is 5.94. The third-order valence-corrected chi connectivity index (χ3v) is 5.94. The Morgan fingerprint density at radius 3 is 2.03 bits per heavy atom. The Morgan fingerprint density at radius 2 is 1.43 bits per heavy atom. The summed E-state index contributed by atoms with van der Waals surface area (Å²) in [5.41, 5.74) is 4.31. The summed E-state index contributed by atoms with van der Waals surface area (Å²) in [4.78, 5) is 20.0. The van der Waals surface area contributed by atoms with Gasteiger partial charge in [-0.3, -0.25) is 4.98 Å². The molecule has 0 aliphatic carbocycles. The summed E-state index contributed by atoms with van der Waals surface area (Å²) in [6.07, 6.45) is 3.63. The average Bonchev–Trinajstić information content (AvgIpc) is 3.23. The topological polar surface area (TPSA) is 51.3 Å². The van der Waals surface area contributed by atoms with E-state index >= 15 is 0 Å². The molecule has 0 fully saturated rings. The minimum atomic E-state index is 0.907. The zero-order valence-electron chi connectivity index (χ0n) is 18.9. The van der Waals surface area contributed by atoms with Gasteiger partial charge < -0.3 is 19.7 Å². The molecule has 3 aromatic rings. The van der Waals surface area contributed by atoms with E-state index in [9.17, 15) is 0 Å². The predicted octanol–water partition coefficient (Wildman–Crippen LogP) is 4.11. The highest BCUT2D eigenvalue weighted by Crippen LogP contribution is 2.30. The number of pyridine rings is 1. The van der Waals surface area contributed by atoms with Crippen LogP contribution in [0.5, 0.6) is 0 Å². The molecule has 6 heteroatoms. The highest BCUT2D eigenvalue weighted by Gasteiger charge is 2.16. The maximum atomic E-state index is 4.84. The molecule has 0 spiro atoms. The molecule has 0 aliphatic rings. The summed E-state index contributed by atoms with van der Waals surface area (Å²) in [6.45, 7) is 17.4. The Kier molecular flexibility index (Phi) is 8.22. The molecule has 0 bridgehead atoms. The van der Waals surface area contributed by atoms with Gasteiger partial charge in [-0.2, -0.15) is 0 Å². The van der Waals surface area contributed by atoms with Crippen LogP contribution in [-0.4, -0.2) is 77.1 Å². The number of H-pyrrole nitrogens is 1. The minimum absolute atomic E-state index is 0.907. The Balaban J connectivity index is 1.91. The maximum absolute atomic E-state index is 4.84. The third kappa shape index (κ3) is 5.37. The van der Waals surface area contributed by atoms with Crippen molar-refractivity contribution in [2.75, 3.05) is 57.3 Å². The summed E-state index contributed by atoms with van der Waals surface area (Å²) in [7, 11) is 0. The van der Waals surface area contributed by atoms with E-state index in [1.165, 1.54) is 5.69 Å². The molecule has 3 rings (SSSR count). The SMILES string of the molecule is CCN(CC)CCN(CCN(CC)CC)c1ccccc1-c1nc2ccncc2[nH]1. The first kappa shape index (κ1) is 22.2. The van der Waals surface area contributed by atoms with Crippen molar-refractivity contribution in [1.82, 2.24) is 24.8 Å². The van der Waals surface area contributed by atoms with Crippen molar-refractivity contribution in [3.63, 3.8) is 0 Å². The number of benzene rings is 1. The average molecular weight is 409 g/mol. The molecule has 0 saturated heterocycles. The Hall–Kier alpha value is -2.44. The molecule has 1 N–H and O–H groups in total. The number of hydrogen-bond donors (Lipinski definition) is 1. The van der Waals surface area contributed by atoms with Crippen LogP contribution in [0, 0.1) is 0 Å². The molecular weight excluding hydrogens is 372 g/mol. The molecule has 0 unspecified atom stereocenters. The summed E-state index contributed by atoms with van der Waals surface area (Å²) in [5, 5.41) is 0. The van der Waals surface area contributed by atoms with Gasteiger partial charge in [0.25, 0.3) is 0 Å². The number of likely N-dealkylation sites (N-methyl/N-ethyl adjacent to an activating group) is 2. The number of imidazole rings is 1. The molecule has 1 aromatic carbocycles. The van der Waals surface area contributed by atoms with E-state index in [2.05, 4.69) is 76.6 Å². The zero-order chi connectivity index (χ0) is 21.3. The van der Waals surface area contributed by atoms with Crippen molar-refractivity contribution in [2.45, 2.75) is 27.7 Å². The summed E-state index contributed by atoms with van der Waals surface area (Å²) in [5.74, 6) is 0.907. The van der Waals surface area contributed by atoms with E-state index in [0.717, 1.165) is 74.8 Å². The molecule has 0 saturated carbocycles. The van der Waals surface area contributed by atoms with Crippen molar-refractivity contribution in [1.29, 1.82) is 0 Å². The number of nitrogens with one attached hydrogen (secondary N) is 1. The second kappa shape index (κ2) is 11.1. The van der Waals surface area contributed by atoms with E-state index in [4.69, 9.17) is 4.98 Å². The van der Waals surface area contributed by atoms with Crippen LogP contribution in [-0.2, 0) is 0 Å². The van der Waals surface area contributed by atoms with Gasteiger partial charge in [-0.1, -0.05) is 39.8 Å². The lowest BCUT2D eigenvalue weighted by Crippen LogP contribution is -2.40. The number of fused-ring (bicyclic) bond motifs is 1. The van der Waals surface area contributed by atoms with Crippen molar-refractivity contribution >= 4 is 16.7 Å².